The largest absolute Gasteiger partial charge is 0.378 e. The summed E-state index contributed by atoms with van der Waals surface area (Å²) in [7, 11) is 4.21. The molecule has 1 rings (SSSR count). The Morgan fingerprint density at radius 3 is 2.50 bits per heavy atom. The van der Waals surface area contributed by atoms with E-state index >= 15 is 0 Å². The van der Waals surface area contributed by atoms with Crippen LogP contribution in [0.15, 0.2) is 0 Å². The van der Waals surface area contributed by atoms with Crippen molar-refractivity contribution >= 4 is 0 Å². The molecule has 0 spiro atoms. The van der Waals surface area contributed by atoms with E-state index in [0.29, 0.717) is 6.10 Å². The fourth-order valence-electron chi connectivity index (χ4n) is 1.60. The summed E-state index contributed by atoms with van der Waals surface area (Å²) >= 11 is 0. The van der Waals surface area contributed by atoms with Crippen molar-refractivity contribution in [3.8, 4) is 0 Å². The molecule has 1 aliphatic carbocycles. The fraction of sp³-hybridized carbons (Fsp3) is 1.00. The fourth-order valence-corrected chi connectivity index (χ4v) is 1.60. The highest BCUT2D eigenvalue weighted by Crippen LogP contribution is 2.28. The minimum atomic E-state index is 0.585. The summed E-state index contributed by atoms with van der Waals surface area (Å²) in [6.45, 7) is 4.37. The topological polar surface area (TPSA) is 12.5 Å². The van der Waals surface area contributed by atoms with Crippen LogP contribution in [0.25, 0.3) is 0 Å². The molecule has 0 radical (unpaired) electrons. The molecule has 12 heavy (non-hydrogen) atoms. The van der Waals surface area contributed by atoms with E-state index in [-0.39, 0.29) is 0 Å². The van der Waals surface area contributed by atoms with Crippen molar-refractivity contribution < 1.29 is 4.74 Å². The summed E-state index contributed by atoms with van der Waals surface area (Å²) in [6.07, 6.45) is 4.31. The predicted molar refractivity (Wildman–Crippen MR) is 51.3 cm³/mol. The van der Waals surface area contributed by atoms with Gasteiger partial charge >= 0.3 is 0 Å². The summed E-state index contributed by atoms with van der Waals surface area (Å²) in [5.74, 6) is 0.906. The Balaban J connectivity index is 1.83. The normalized spacial score (nSPS) is 29.0. The van der Waals surface area contributed by atoms with Gasteiger partial charge in [0.25, 0.3) is 0 Å². The molecular formula is C10H21NO. The highest BCUT2D eigenvalue weighted by molar-refractivity contribution is 4.76. The molecule has 0 aromatic rings. The van der Waals surface area contributed by atoms with Gasteiger partial charge in [0.15, 0.2) is 0 Å². The first-order valence-electron chi connectivity index (χ1n) is 4.95. The third kappa shape index (κ3) is 3.55. The second-order valence-electron chi connectivity index (χ2n) is 4.23. The van der Waals surface area contributed by atoms with Crippen molar-refractivity contribution in [3.05, 3.63) is 0 Å². The summed E-state index contributed by atoms with van der Waals surface area (Å²) in [4.78, 5) is 2.20. The van der Waals surface area contributed by atoms with Crippen LogP contribution in [0.4, 0.5) is 0 Å². The summed E-state index contributed by atoms with van der Waals surface area (Å²) in [6, 6.07) is 0. The van der Waals surface area contributed by atoms with Crippen molar-refractivity contribution in [2.24, 2.45) is 5.92 Å². The van der Waals surface area contributed by atoms with E-state index in [4.69, 9.17) is 4.74 Å². The van der Waals surface area contributed by atoms with Gasteiger partial charge in [-0.25, -0.2) is 0 Å². The molecule has 0 amide bonds. The molecule has 0 bridgehead atoms. The molecule has 0 aromatic carbocycles. The Kier molecular flexibility index (Phi) is 4.02. The molecule has 72 valence electrons. The van der Waals surface area contributed by atoms with Gasteiger partial charge in [0.1, 0.15) is 0 Å². The van der Waals surface area contributed by atoms with Crippen LogP contribution in [0.1, 0.15) is 26.2 Å². The van der Waals surface area contributed by atoms with Crippen LogP contribution in [0.2, 0.25) is 0 Å². The molecule has 0 aromatic heterocycles. The van der Waals surface area contributed by atoms with Gasteiger partial charge < -0.3 is 9.64 Å². The predicted octanol–water partition coefficient (Wildman–Crippen LogP) is 1.75. The number of hydrogen-bond donors (Lipinski definition) is 0. The highest BCUT2D eigenvalue weighted by atomic mass is 16.5. The summed E-state index contributed by atoms with van der Waals surface area (Å²) < 4.78 is 5.67. The second-order valence-corrected chi connectivity index (χ2v) is 4.23. The zero-order valence-electron chi connectivity index (χ0n) is 8.55. The maximum Gasteiger partial charge on any atom is 0.0580 e. The molecule has 2 nitrogen and oxygen atoms in total. The van der Waals surface area contributed by atoms with Crippen molar-refractivity contribution in [2.75, 3.05) is 27.2 Å². The zero-order valence-corrected chi connectivity index (χ0v) is 8.55. The third-order valence-electron chi connectivity index (χ3n) is 2.43. The first-order chi connectivity index (χ1) is 5.68. The monoisotopic (exact) mass is 171 g/mol. The van der Waals surface area contributed by atoms with Gasteiger partial charge in [-0.3, -0.25) is 0 Å². The van der Waals surface area contributed by atoms with Gasteiger partial charge in [0, 0.05) is 6.61 Å². The maximum absolute atomic E-state index is 5.67. The third-order valence-corrected chi connectivity index (χ3v) is 2.43. The highest BCUT2D eigenvalue weighted by Gasteiger charge is 2.25. The van der Waals surface area contributed by atoms with Crippen LogP contribution in [-0.2, 0) is 4.74 Å². The van der Waals surface area contributed by atoms with E-state index in [9.17, 15) is 0 Å². The van der Waals surface area contributed by atoms with Gasteiger partial charge in [-0.05, 0) is 45.8 Å². The lowest BCUT2D eigenvalue weighted by Crippen LogP contribution is -2.30. The average molecular weight is 171 g/mol. The molecule has 0 heterocycles. The molecule has 1 fully saturated rings. The number of rotatable bonds is 5. The first kappa shape index (κ1) is 10.0. The Morgan fingerprint density at radius 2 is 2.00 bits per heavy atom. The van der Waals surface area contributed by atoms with Crippen LogP contribution in [0.3, 0.4) is 0 Å². The molecular weight excluding hydrogens is 150 g/mol. The molecule has 0 N–H and O–H groups in total. The van der Waals surface area contributed by atoms with E-state index in [2.05, 4.69) is 25.9 Å². The summed E-state index contributed by atoms with van der Waals surface area (Å²) in [5.41, 5.74) is 0. The Labute approximate surface area is 75.9 Å². The number of hydrogen-bond acceptors (Lipinski definition) is 2. The van der Waals surface area contributed by atoms with Crippen molar-refractivity contribution in [1.29, 1.82) is 0 Å². The van der Waals surface area contributed by atoms with Crippen LogP contribution < -0.4 is 0 Å². The van der Waals surface area contributed by atoms with Crippen molar-refractivity contribution in [1.82, 2.24) is 4.90 Å². The maximum atomic E-state index is 5.67. The van der Waals surface area contributed by atoms with Gasteiger partial charge in [0.05, 0.1) is 6.10 Å². The van der Waals surface area contributed by atoms with Crippen LogP contribution >= 0.6 is 0 Å². The van der Waals surface area contributed by atoms with Gasteiger partial charge in [0.2, 0.25) is 0 Å². The Morgan fingerprint density at radius 1 is 1.33 bits per heavy atom. The Bertz CT molecular complexity index is 119. The molecule has 0 atom stereocenters. The number of nitrogens with zero attached hydrogens (tertiary/aromatic N) is 1. The van der Waals surface area contributed by atoms with Crippen LogP contribution in [0.5, 0.6) is 0 Å². The summed E-state index contributed by atoms with van der Waals surface area (Å²) in [5, 5.41) is 0. The smallest absolute Gasteiger partial charge is 0.0580 e. The Hall–Kier alpha value is -0.0800. The molecule has 0 unspecified atom stereocenters. The van der Waals surface area contributed by atoms with Gasteiger partial charge in [-0.2, -0.15) is 0 Å². The lowest BCUT2D eigenvalue weighted by molar-refractivity contribution is -0.0273. The van der Waals surface area contributed by atoms with Gasteiger partial charge in [-0.1, -0.05) is 6.92 Å². The molecule has 2 heteroatoms. The zero-order chi connectivity index (χ0) is 8.97. The lowest BCUT2D eigenvalue weighted by Gasteiger charge is -2.32. The lowest BCUT2D eigenvalue weighted by atomic mass is 9.84. The van der Waals surface area contributed by atoms with E-state index in [1.807, 2.05) is 0 Å². The first-order valence-corrected chi connectivity index (χ1v) is 4.95. The minimum Gasteiger partial charge on any atom is -0.378 e. The molecule has 0 saturated heterocycles. The van der Waals surface area contributed by atoms with E-state index in [1.165, 1.54) is 12.8 Å². The second kappa shape index (κ2) is 4.83. The molecule has 1 aliphatic rings. The quantitative estimate of drug-likeness (QED) is 0.584. The minimum absolute atomic E-state index is 0.585. The van der Waals surface area contributed by atoms with Gasteiger partial charge in [-0.15, -0.1) is 0 Å². The van der Waals surface area contributed by atoms with Crippen molar-refractivity contribution in [3.63, 3.8) is 0 Å². The van der Waals surface area contributed by atoms with Crippen LogP contribution in [0, 0.1) is 5.92 Å². The van der Waals surface area contributed by atoms with E-state index in [0.717, 1.165) is 25.5 Å². The van der Waals surface area contributed by atoms with E-state index in [1.54, 1.807) is 0 Å². The SMILES string of the molecule is CC1CC(OCCCN(C)C)C1. The van der Waals surface area contributed by atoms with E-state index < -0.39 is 0 Å². The van der Waals surface area contributed by atoms with Crippen LogP contribution in [-0.4, -0.2) is 38.3 Å². The van der Waals surface area contributed by atoms with Crippen molar-refractivity contribution in [2.45, 2.75) is 32.3 Å². The number of ether oxygens (including phenoxy) is 1. The average Bonchev–Trinajstić information content (AvgIpc) is 1.93. The molecule has 1 saturated carbocycles. The standard InChI is InChI=1S/C10H21NO/c1-9-7-10(8-9)12-6-4-5-11(2)3/h9-10H,4-8H2,1-3H3. The molecule has 0 aliphatic heterocycles.